The summed E-state index contributed by atoms with van der Waals surface area (Å²) in [6.45, 7) is 5.91. The number of hydrogen-bond acceptors (Lipinski definition) is 2. The third-order valence-corrected chi connectivity index (χ3v) is 2.10. The van der Waals surface area contributed by atoms with Crippen LogP contribution in [0.15, 0.2) is 48.3 Å². The molecule has 0 fully saturated rings. The van der Waals surface area contributed by atoms with Crippen LogP contribution in [-0.4, -0.2) is 6.91 Å². The SMILES string of the molecule is CC.N#Cc1ccbcc1Nc1ccccc1. The van der Waals surface area contributed by atoms with Gasteiger partial charge in [0.25, 0.3) is 0 Å². The molecule has 1 aromatic carbocycles. The summed E-state index contributed by atoms with van der Waals surface area (Å²) in [6.07, 6.45) is 0. The second-order valence-corrected chi connectivity index (χ2v) is 3.15. The maximum absolute atomic E-state index is 8.91. The molecule has 0 radical (unpaired) electrons. The Morgan fingerprint density at radius 2 is 1.82 bits per heavy atom. The van der Waals surface area contributed by atoms with Crippen LogP contribution in [0.3, 0.4) is 0 Å². The summed E-state index contributed by atoms with van der Waals surface area (Å²) in [5.41, 5.74) is 2.48. The molecule has 0 bridgehead atoms. The first kappa shape index (κ1) is 13.0. The third kappa shape index (κ3) is 3.77. The second-order valence-electron chi connectivity index (χ2n) is 3.15. The third-order valence-electron chi connectivity index (χ3n) is 2.10. The molecule has 0 spiro atoms. The Hall–Kier alpha value is -2.08. The summed E-state index contributed by atoms with van der Waals surface area (Å²) in [4.78, 5) is 0. The molecular formula is C14H15BN2. The van der Waals surface area contributed by atoms with E-state index in [-0.39, 0.29) is 0 Å². The van der Waals surface area contributed by atoms with E-state index in [1.165, 1.54) is 0 Å². The van der Waals surface area contributed by atoms with Crippen molar-refractivity contribution in [2.45, 2.75) is 13.8 Å². The molecule has 0 aliphatic carbocycles. The van der Waals surface area contributed by atoms with Gasteiger partial charge in [-0.2, -0.15) is 0 Å². The van der Waals surface area contributed by atoms with E-state index in [2.05, 4.69) is 11.4 Å². The summed E-state index contributed by atoms with van der Waals surface area (Å²) < 4.78 is 0. The molecule has 2 rings (SSSR count). The molecule has 0 atom stereocenters. The minimum absolute atomic E-state index is 0.654. The van der Waals surface area contributed by atoms with E-state index >= 15 is 0 Å². The molecule has 1 aromatic heterocycles. The molecule has 0 amide bonds. The van der Waals surface area contributed by atoms with Crippen molar-refractivity contribution in [2.75, 3.05) is 5.32 Å². The van der Waals surface area contributed by atoms with Crippen LogP contribution >= 0.6 is 0 Å². The number of nitrogens with zero attached hydrogens (tertiary/aromatic N) is 1. The van der Waals surface area contributed by atoms with E-state index in [1.54, 1.807) is 6.07 Å². The average Bonchev–Trinajstić information content (AvgIpc) is 2.43. The van der Waals surface area contributed by atoms with E-state index < -0.39 is 0 Å². The van der Waals surface area contributed by atoms with Crippen molar-refractivity contribution in [1.82, 2.24) is 0 Å². The van der Waals surface area contributed by atoms with Crippen LogP contribution in [0.5, 0.6) is 0 Å². The predicted molar refractivity (Wildman–Crippen MR) is 73.6 cm³/mol. The van der Waals surface area contributed by atoms with E-state index in [0.717, 1.165) is 11.4 Å². The summed E-state index contributed by atoms with van der Waals surface area (Å²) in [5.74, 6) is 3.75. The van der Waals surface area contributed by atoms with Gasteiger partial charge in [-0.05, 0) is 0 Å². The molecule has 2 nitrogen and oxygen atoms in total. The topological polar surface area (TPSA) is 35.8 Å². The first-order valence-electron chi connectivity index (χ1n) is 5.71. The number of hydrogen-bond donors (Lipinski definition) is 1. The van der Waals surface area contributed by atoms with Crippen molar-refractivity contribution in [2.24, 2.45) is 0 Å². The molecule has 1 heterocycles. The molecular weight excluding hydrogens is 207 g/mol. The minimum atomic E-state index is 0.654. The number of para-hydroxylation sites is 1. The molecule has 0 aliphatic heterocycles. The molecule has 3 heteroatoms. The summed E-state index contributed by atoms with van der Waals surface area (Å²) in [7, 11) is 0. The number of nitriles is 1. The predicted octanol–water partition coefficient (Wildman–Crippen LogP) is 3.67. The van der Waals surface area contributed by atoms with Gasteiger partial charge in [0, 0.05) is 0 Å². The first-order valence-corrected chi connectivity index (χ1v) is 5.71. The van der Waals surface area contributed by atoms with Crippen molar-refractivity contribution >= 4 is 18.3 Å². The monoisotopic (exact) mass is 222 g/mol. The van der Waals surface area contributed by atoms with Crippen LogP contribution in [0, 0.1) is 11.3 Å². The van der Waals surface area contributed by atoms with Crippen molar-refractivity contribution in [1.29, 1.82) is 5.26 Å². The molecule has 0 saturated carbocycles. The van der Waals surface area contributed by atoms with Gasteiger partial charge in [0.15, 0.2) is 0 Å². The maximum atomic E-state index is 8.91. The van der Waals surface area contributed by atoms with Gasteiger partial charge in [-0.3, -0.25) is 0 Å². The van der Waals surface area contributed by atoms with Crippen LogP contribution in [0.4, 0.5) is 11.4 Å². The normalized spacial score (nSPS) is 8.29. The Morgan fingerprint density at radius 1 is 1.12 bits per heavy atom. The van der Waals surface area contributed by atoms with Gasteiger partial charge >= 0.3 is 88.8 Å². The van der Waals surface area contributed by atoms with Crippen LogP contribution in [-0.2, 0) is 0 Å². The van der Waals surface area contributed by atoms with Gasteiger partial charge in [-0.15, -0.1) is 0 Å². The van der Waals surface area contributed by atoms with Crippen molar-refractivity contribution in [3.63, 3.8) is 0 Å². The molecule has 1 N–H and O–H groups in total. The molecule has 2 aromatic rings. The van der Waals surface area contributed by atoms with Gasteiger partial charge in [-0.25, -0.2) is 0 Å². The standard InChI is InChI=1S/C12H9BN2.C2H6/c14-9-10-6-7-13-8-12(10)15-11-4-2-1-3-5-11;1-2/h1-8,15H;1-2H3. The summed E-state index contributed by atoms with van der Waals surface area (Å²) >= 11 is 0. The Morgan fingerprint density at radius 3 is 2.47 bits per heavy atom. The van der Waals surface area contributed by atoms with Crippen molar-refractivity contribution in [3.8, 4) is 6.07 Å². The zero-order chi connectivity index (χ0) is 12.5. The van der Waals surface area contributed by atoms with Gasteiger partial charge in [0.05, 0.1) is 0 Å². The van der Waals surface area contributed by atoms with E-state index in [0.29, 0.717) is 5.56 Å². The molecule has 17 heavy (non-hydrogen) atoms. The van der Waals surface area contributed by atoms with Gasteiger partial charge in [-0.1, -0.05) is 13.8 Å². The van der Waals surface area contributed by atoms with Gasteiger partial charge in [0.1, 0.15) is 0 Å². The van der Waals surface area contributed by atoms with Gasteiger partial charge < -0.3 is 0 Å². The zero-order valence-electron chi connectivity index (χ0n) is 10.1. The second kappa shape index (κ2) is 7.24. The summed E-state index contributed by atoms with van der Waals surface area (Å²) in [6, 6.07) is 13.8. The summed E-state index contributed by atoms with van der Waals surface area (Å²) in [5, 5.41) is 12.1. The fourth-order valence-corrected chi connectivity index (χ4v) is 1.37. The van der Waals surface area contributed by atoms with Crippen LogP contribution < -0.4 is 5.32 Å². The van der Waals surface area contributed by atoms with Crippen LogP contribution in [0.1, 0.15) is 19.4 Å². The quantitative estimate of drug-likeness (QED) is 0.841. The van der Waals surface area contributed by atoms with Crippen LogP contribution in [0.2, 0.25) is 0 Å². The Kier molecular flexibility index (Phi) is 5.53. The Balaban J connectivity index is 0.000000686. The zero-order valence-corrected chi connectivity index (χ0v) is 10.1. The van der Waals surface area contributed by atoms with Crippen molar-refractivity contribution < 1.29 is 0 Å². The number of anilines is 2. The molecule has 0 aliphatic rings. The first-order chi connectivity index (χ1) is 8.40. The molecule has 0 saturated heterocycles. The fraction of sp³-hybridized carbons (Fsp3) is 0.143. The fourth-order valence-electron chi connectivity index (χ4n) is 1.37. The number of benzene rings is 1. The Labute approximate surface area is 103 Å². The molecule has 84 valence electrons. The molecule has 0 unspecified atom stereocenters. The number of nitrogens with one attached hydrogen (secondary N) is 1. The van der Waals surface area contributed by atoms with E-state index in [9.17, 15) is 0 Å². The van der Waals surface area contributed by atoms with Gasteiger partial charge in [0.2, 0.25) is 0 Å². The van der Waals surface area contributed by atoms with Crippen LogP contribution in [0.25, 0.3) is 0 Å². The Bertz CT molecular complexity index is 489. The average molecular weight is 222 g/mol. The van der Waals surface area contributed by atoms with Crippen molar-refractivity contribution in [3.05, 3.63) is 53.9 Å². The number of rotatable bonds is 2. The van der Waals surface area contributed by atoms with E-state index in [1.807, 2.05) is 63.0 Å². The van der Waals surface area contributed by atoms with E-state index in [4.69, 9.17) is 5.26 Å².